The SMILES string of the molecule is C[C@H](Oc1cccc(-n2cnnn2)c1)C(=O)N(C)Cc1ccccc1. The number of amides is 1. The van der Waals surface area contributed by atoms with E-state index in [4.69, 9.17) is 4.74 Å². The van der Waals surface area contributed by atoms with E-state index in [9.17, 15) is 4.79 Å². The first-order valence-electron chi connectivity index (χ1n) is 7.92. The quantitative estimate of drug-likeness (QED) is 0.689. The molecule has 1 atom stereocenters. The first-order valence-corrected chi connectivity index (χ1v) is 7.92. The van der Waals surface area contributed by atoms with Crippen molar-refractivity contribution in [2.45, 2.75) is 19.6 Å². The number of carbonyl (C=O) groups excluding carboxylic acids is 1. The standard InChI is InChI=1S/C18H19N5O2/c1-14(18(24)22(2)12-15-7-4-3-5-8-15)25-17-10-6-9-16(11-17)23-13-19-20-21-23/h3-11,13-14H,12H2,1-2H3/t14-/m0/s1. The molecule has 25 heavy (non-hydrogen) atoms. The van der Waals surface area contributed by atoms with Crippen molar-refractivity contribution in [2.24, 2.45) is 0 Å². The number of benzene rings is 2. The Morgan fingerprint density at radius 1 is 1.20 bits per heavy atom. The molecule has 1 heterocycles. The molecule has 0 aliphatic carbocycles. The summed E-state index contributed by atoms with van der Waals surface area (Å²) in [7, 11) is 1.77. The maximum atomic E-state index is 12.5. The molecule has 0 N–H and O–H groups in total. The minimum atomic E-state index is -0.599. The summed E-state index contributed by atoms with van der Waals surface area (Å²) in [6.45, 7) is 2.28. The molecule has 3 rings (SSSR count). The Balaban J connectivity index is 1.64. The molecule has 2 aromatic carbocycles. The van der Waals surface area contributed by atoms with Gasteiger partial charge in [-0.1, -0.05) is 36.4 Å². The van der Waals surface area contributed by atoms with Crippen LogP contribution in [0.4, 0.5) is 0 Å². The van der Waals surface area contributed by atoms with Crippen LogP contribution in [0.2, 0.25) is 0 Å². The summed E-state index contributed by atoms with van der Waals surface area (Å²) in [6.07, 6.45) is 0.902. The lowest BCUT2D eigenvalue weighted by atomic mass is 10.2. The molecule has 0 aliphatic rings. The zero-order chi connectivity index (χ0) is 17.6. The number of carbonyl (C=O) groups is 1. The Hall–Kier alpha value is -3.22. The summed E-state index contributed by atoms with van der Waals surface area (Å²) in [6, 6.07) is 17.1. The van der Waals surface area contributed by atoms with E-state index in [2.05, 4.69) is 15.5 Å². The third-order valence-electron chi connectivity index (χ3n) is 3.73. The van der Waals surface area contributed by atoms with Crippen LogP contribution in [-0.2, 0) is 11.3 Å². The molecule has 0 bridgehead atoms. The van der Waals surface area contributed by atoms with Crippen LogP contribution in [0.1, 0.15) is 12.5 Å². The third kappa shape index (κ3) is 4.20. The number of ether oxygens (including phenoxy) is 1. The van der Waals surface area contributed by atoms with E-state index in [-0.39, 0.29) is 5.91 Å². The molecule has 7 nitrogen and oxygen atoms in total. The van der Waals surface area contributed by atoms with E-state index in [1.165, 1.54) is 11.0 Å². The van der Waals surface area contributed by atoms with Crippen molar-refractivity contribution in [1.82, 2.24) is 25.1 Å². The van der Waals surface area contributed by atoms with Crippen molar-refractivity contribution in [3.05, 3.63) is 66.5 Å². The second-order valence-electron chi connectivity index (χ2n) is 5.69. The van der Waals surface area contributed by atoms with Crippen LogP contribution in [0.5, 0.6) is 5.75 Å². The minimum absolute atomic E-state index is 0.0864. The van der Waals surface area contributed by atoms with Gasteiger partial charge in [-0.3, -0.25) is 4.79 Å². The molecule has 7 heteroatoms. The summed E-state index contributed by atoms with van der Waals surface area (Å²) in [5, 5.41) is 11.1. The van der Waals surface area contributed by atoms with Gasteiger partial charge >= 0.3 is 0 Å². The Labute approximate surface area is 145 Å². The van der Waals surface area contributed by atoms with Crippen LogP contribution >= 0.6 is 0 Å². The van der Waals surface area contributed by atoms with Crippen LogP contribution in [0, 0.1) is 0 Å². The maximum Gasteiger partial charge on any atom is 0.263 e. The van der Waals surface area contributed by atoms with Crippen molar-refractivity contribution in [3.63, 3.8) is 0 Å². The lowest BCUT2D eigenvalue weighted by Crippen LogP contribution is -2.37. The monoisotopic (exact) mass is 337 g/mol. The van der Waals surface area contributed by atoms with Gasteiger partial charge in [-0.25, -0.2) is 4.68 Å². The normalized spacial score (nSPS) is 11.8. The Morgan fingerprint density at radius 3 is 2.72 bits per heavy atom. The van der Waals surface area contributed by atoms with Crippen molar-refractivity contribution in [1.29, 1.82) is 0 Å². The average molecular weight is 337 g/mol. The number of nitrogens with zero attached hydrogens (tertiary/aromatic N) is 5. The van der Waals surface area contributed by atoms with Crippen LogP contribution < -0.4 is 4.74 Å². The van der Waals surface area contributed by atoms with Gasteiger partial charge in [0.15, 0.2) is 6.10 Å². The summed E-state index contributed by atoms with van der Waals surface area (Å²) < 4.78 is 7.33. The fraction of sp³-hybridized carbons (Fsp3) is 0.222. The Morgan fingerprint density at radius 2 is 2.00 bits per heavy atom. The Bertz CT molecular complexity index is 821. The summed E-state index contributed by atoms with van der Waals surface area (Å²) in [5.74, 6) is 0.499. The van der Waals surface area contributed by atoms with E-state index < -0.39 is 6.10 Å². The highest BCUT2D eigenvalue weighted by molar-refractivity contribution is 5.80. The van der Waals surface area contributed by atoms with Crippen molar-refractivity contribution >= 4 is 5.91 Å². The van der Waals surface area contributed by atoms with Gasteiger partial charge in [0.2, 0.25) is 0 Å². The molecule has 0 saturated heterocycles. The van der Waals surface area contributed by atoms with Crippen molar-refractivity contribution < 1.29 is 9.53 Å². The molecular formula is C18H19N5O2. The van der Waals surface area contributed by atoms with Gasteiger partial charge in [0.05, 0.1) is 5.69 Å². The van der Waals surface area contributed by atoms with Crippen LogP contribution in [0.3, 0.4) is 0 Å². The van der Waals surface area contributed by atoms with Gasteiger partial charge in [0.25, 0.3) is 5.91 Å². The summed E-state index contributed by atoms with van der Waals surface area (Å²) in [4.78, 5) is 14.2. The largest absolute Gasteiger partial charge is 0.481 e. The zero-order valence-corrected chi connectivity index (χ0v) is 14.1. The smallest absolute Gasteiger partial charge is 0.263 e. The van der Waals surface area contributed by atoms with E-state index in [1.54, 1.807) is 31.0 Å². The third-order valence-corrected chi connectivity index (χ3v) is 3.73. The fourth-order valence-corrected chi connectivity index (χ4v) is 2.48. The zero-order valence-electron chi connectivity index (χ0n) is 14.1. The molecule has 0 fully saturated rings. The fourth-order valence-electron chi connectivity index (χ4n) is 2.48. The minimum Gasteiger partial charge on any atom is -0.481 e. The van der Waals surface area contributed by atoms with Gasteiger partial charge < -0.3 is 9.64 Å². The molecule has 0 spiro atoms. The van der Waals surface area contributed by atoms with Gasteiger partial charge in [-0.2, -0.15) is 0 Å². The highest BCUT2D eigenvalue weighted by Gasteiger charge is 2.19. The average Bonchev–Trinajstić information content (AvgIpc) is 3.17. The lowest BCUT2D eigenvalue weighted by molar-refractivity contribution is -0.137. The van der Waals surface area contributed by atoms with Gasteiger partial charge in [0.1, 0.15) is 12.1 Å². The number of rotatable bonds is 6. The predicted molar refractivity (Wildman–Crippen MR) is 92.2 cm³/mol. The highest BCUT2D eigenvalue weighted by Crippen LogP contribution is 2.18. The molecule has 0 aliphatic heterocycles. The van der Waals surface area contributed by atoms with E-state index >= 15 is 0 Å². The molecule has 0 saturated carbocycles. The van der Waals surface area contributed by atoms with Crippen molar-refractivity contribution in [2.75, 3.05) is 7.05 Å². The number of hydrogen-bond donors (Lipinski definition) is 0. The molecule has 3 aromatic rings. The Kier molecular flexibility index (Phi) is 5.03. The molecule has 1 amide bonds. The first-order chi connectivity index (χ1) is 12.1. The molecule has 0 unspecified atom stereocenters. The number of hydrogen-bond acceptors (Lipinski definition) is 5. The molecule has 1 aromatic heterocycles. The number of aromatic nitrogens is 4. The second kappa shape index (κ2) is 7.57. The first kappa shape index (κ1) is 16.6. The summed E-state index contributed by atoms with van der Waals surface area (Å²) >= 11 is 0. The van der Waals surface area contributed by atoms with E-state index in [0.717, 1.165) is 11.3 Å². The molecule has 128 valence electrons. The maximum absolute atomic E-state index is 12.5. The second-order valence-corrected chi connectivity index (χ2v) is 5.69. The lowest BCUT2D eigenvalue weighted by Gasteiger charge is -2.22. The molecule has 0 radical (unpaired) electrons. The predicted octanol–water partition coefficient (Wildman–Crippen LogP) is 2.09. The molecular weight excluding hydrogens is 318 g/mol. The topological polar surface area (TPSA) is 73.1 Å². The van der Waals surface area contributed by atoms with Gasteiger partial charge in [-0.15, -0.1) is 5.10 Å². The van der Waals surface area contributed by atoms with Gasteiger partial charge in [-0.05, 0) is 35.0 Å². The van der Waals surface area contributed by atoms with Crippen molar-refractivity contribution in [3.8, 4) is 11.4 Å². The van der Waals surface area contributed by atoms with Crippen LogP contribution in [0.15, 0.2) is 60.9 Å². The van der Waals surface area contributed by atoms with Crippen LogP contribution in [-0.4, -0.2) is 44.2 Å². The van der Waals surface area contributed by atoms with Crippen LogP contribution in [0.25, 0.3) is 5.69 Å². The van der Waals surface area contributed by atoms with E-state index in [0.29, 0.717) is 12.3 Å². The van der Waals surface area contributed by atoms with Gasteiger partial charge in [0, 0.05) is 19.7 Å². The summed E-state index contributed by atoms with van der Waals surface area (Å²) in [5.41, 5.74) is 1.84. The highest BCUT2D eigenvalue weighted by atomic mass is 16.5. The number of tetrazole rings is 1. The van der Waals surface area contributed by atoms with E-state index in [1.807, 2.05) is 42.5 Å². The number of likely N-dealkylation sites (N-methyl/N-ethyl adjacent to an activating group) is 1.